The smallest absolute Gasteiger partial charge is 0.379 e. The lowest BCUT2D eigenvalue weighted by Gasteiger charge is -2.12. The van der Waals surface area contributed by atoms with Crippen LogP contribution in [0.2, 0.25) is 0 Å². The van der Waals surface area contributed by atoms with Crippen LogP contribution in [0, 0.1) is 0 Å². The van der Waals surface area contributed by atoms with Crippen molar-refractivity contribution >= 4 is 9.53 Å². The average molecular weight is 237 g/mol. The summed E-state index contributed by atoms with van der Waals surface area (Å²) in [4.78, 5) is 2.36. The summed E-state index contributed by atoms with van der Waals surface area (Å²) in [6.07, 6.45) is 2.55. The Hall–Kier alpha value is 0.0569. The van der Waals surface area contributed by atoms with E-state index in [-0.39, 0.29) is 0 Å². The van der Waals surface area contributed by atoms with Crippen LogP contribution in [0.15, 0.2) is 0 Å². The van der Waals surface area contributed by atoms with Crippen molar-refractivity contribution in [3.05, 3.63) is 0 Å². The SMILES string of the molecule is CCCN(C)CCC.CO[SiH](OC)OC. The van der Waals surface area contributed by atoms with E-state index < -0.39 is 9.53 Å². The fourth-order valence-electron chi connectivity index (χ4n) is 1.16. The van der Waals surface area contributed by atoms with Crippen LogP contribution < -0.4 is 0 Å². The van der Waals surface area contributed by atoms with Gasteiger partial charge in [-0.15, -0.1) is 0 Å². The first kappa shape index (κ1) is 17.5. The molecule has 0 N–H and O–H groups in total. The molecule has 0 fully saturated rings. The van der Waals surface area contributed by atoms with E-state index in [0.29, 0.717) is 0 Å². The lowest BCUT2D eigenvalue weighted by Crippen LogP contribution is -2.21. The Morgan fingerprint density at radius 2 is 1.20 bits per heavy atom. The third-order valence-corrected chi connectivity index (χ3v) is 2.94. The molecule has 0 heterocycles. The zero-order chi connectivity index (χ0) is 12.1. The molecule has 0 aliphatic carbocycles. The standard InChI is InChI=1S/C7H17N.C3H10O3Si/c1-4-6-8(3)7-5-2;1-4-7(5-2)6-3/h4-7H2,1-3H3;7H,1-3H3. The zero-order valence-corrected chi connectivity index (χ0v) is 12.2. The Bertz CT molecular complexity index is 101. The monoisotopic (exact) mass is 237 g/mol. The first-order chi connectivity index (χ1) is 7.15. The van der Waals surface area contributed by atoms with E-state index in [2.05, 4.69) is 25.8 Å². The summed E-state index contributed by atoms with van der Waals surface area (Å²) in [6.45, 7) is 6.92. The van der Waals surface area contributed by atoms with Crippen LogP contribution >= 0.6 is 0 Å². The van der Waals surface area contributed by atoms with Gasteiger partial charge in [0.25, 0.3) is 0 Å². The molecule has 0 spiro atoms. The third kappa shape index (κ3) is 14.1. The maximum Gasteiger partial charge on any atom is 0.483 e. The molecule has 0 amide bonds. The topological polar surface area (TPSA) is 30.9 Å². The molecule has 0 aromatic heterocycles. The van der Waals surface area contributed by atoms with Gasteiger partial charge >= 0.3 is 9.53 Å². The summed E-state index contributed by atoms with van der Waals surface area (Å²) >= 11 is 0. The number of rotatable bonds is 7. The van der Waals surface area contributed by atoms with Crippen LogP contribution in [-0.2, 0) is 13.3 Å². The van der Waals surface area contributed by atoms with Crippen molar-refractivity contribution in [2.45, 2.75) is 26.7 Å². The van der Waals surface area contributed by atoms with Crippen LogP contribution in [-0.4, -0.2) is 55.9 Å². The van der Waals surface area contributed by atoms with Crippen molar-refractivity contribution < 1.29 is 13.3 Å². The Kier molecular flexibility index (Phi) is 16.4. The van der Waals surface area contributed by atoms with Crippen LogP contribution in [0.3, 0.4) is 0 Å². The Morgan fingerprint density at radius 3 is 1.33 bits per heavy atom. The normalized spacial score (nSPS) is 10.4. The van der Waals surface area contributed by atoms with Crippen LogP contribution in [0.1, 0.15) is 26.7 Å². The average Bonchev–Trinajstić information content (AvgIpc) is 2.22. The minimum absolute atomic E-state index is 1.24. The Labute approximate surface area is 96.5 Å². The minimum atomic E-state index is -1.67. The van der Waals surface area contributed by atoms with Gasteiger partial charge in [-0.25, -0.2) is 0 Å². The largest absolute Gasteiger partial charge is 0.483 e. The molecule has 0 radical (unpaired) electrons. The molecule has 0 aliphatic heterocycles. The molecule has 5 heteroatoms. The van der Waals surface area contributed by atoms with E-state index >= 15 is 0 Å². The molecule has 0 bridgehead atoms. The van der Waals surface area contributed by atoms with Crippen molar-refractivity contribution in [2.75, 3.05) is 41.5 Å². The van der Waals surface area contributed by atoms with Gasteiger partial charge in [-0.2, -0.15) is 0 Å². The van der Waals surface area contributed by atoms with E-state index in [1.54, 1.807) is 21.3 Å². The predicted octanol–water partition coefficient (Wildman–Crippen LogP) is 1.38. The summed E-state index contributed by atoms with van der Waals surface area (Å²) in [5.74, 6) is 0. The van der Waals surface area contributed by atoms with Gasteiger partial charge < -0.3 is 18.2 Å². The maximum atomic E-state index is 4.74. The van der Waals surface area contributed by atoms with Gasteiger partial charge in [0.15, 0.2) is 0 Å². The highest BCUT2D eigenvalue weighted by Gasteiger charge is 2.04. The Balaban J connectivity index is 0. The lowest BCUT2D eigenvalue weighted by atomic mass is 10.4. The van der Waals surface area contributed by atoms with Crippen LogP contribution in [0.4, 0.5) is 0 Å². The fourth-order valence-corrected chi connectivity index (χ4v) is 1.74. The molecule has 0 atom stereocenters. The molecule has 0 aliphatic rings. The van der Waals surface area contributed by atoms with Gasteiger partial charge in [0.2, 0.25) is 0 Å². The molecular weight excluding hydrogens is 210 g/mol. The van der Waals surface area contributed by atoms with Crippen LogP contribution in [0.25, 0.3) is 0 Å². The third-order valence-electron chi connectivity index (χ3n) is 1.79. The second-order valence-corrected chi connectivity index (χ2v) is 5.29. The number of nitrogens with zero attached hydrogens (tertiary/aromatic N) is 1. The summed E-state index contributed by atoms with van der Waals surface area (Å²) in [6, 6.07) is 0. The van der Waals surface area contributed by atoms with Crippen molar-refractivity contribution in [3.8, 4) is 0 Å². The van der Waals surface area contributed by atoms with Gasteiger partial charge in [0, 0.05) is 21.3 Å². The Morgan fingerprint density at radius 1 is 0.867 bits per heavy atom. The molecule has 0 saturated heterocycles. The molecule has 0 aromatic rings. The highest BCUT2D eigenvalue weighted by molar-refractivity contribution is 6.36. The van der Waals surface area contributed by atoms with E-state index in [1.807, 2.05) is 0 Å². The highest BCUT2D eigenvalue weighted by Crippen LogP contribution is 1.87. The summed E-state index contributed by atoms with van der Waals surface area (Å²) in [5, 5.41) is 0. The van der Waals surface area contributed by atoms with Gasteiger partial charge in [-0.3, -0.25) is 0 Å². The number of hydrogen-bond acceptors (Lipinski definition) is 4. The zero-order valence-electron chi connectivity index (χ0n) is 11.1. The predicted molar refractivity (Wildman–Crippen MR) is 66.3 cm³/mol. The minimum Gasteiger partial charge on any atom is -0.379 e. The molecule has 15 heavy (non-hydrogen) atoms. The summed E-state index contributed by atoms with van der Waals surface area (Å²) < 4.78 is 14.2. The first-order valence-corrected chi connectivity index (χ1v) is 6.84. The van der Waals surface area contributed by atoms with Gasteiger partial charge in [0.1, 0.15) is 0 Å². The van der Waals surface area contributed by atoms with E-state index in [9.17, 15) is 0 Å². The van der Waals surface area contributed by atoms with Gasteiger partial charge in [0.05, 0.1) is 0 Å². The second kappa shape index (κ2) is 14.1. The van der Waals surface area contributed by atoms with Crippen LogP contribution in [0.5, 0.6) is 0 Å². The fraction of sp³-hybridized carbons (Fsp3) is 1.00. The maximum absolute atomic E-state index is 4.74. The molecule has 0 saturated carbocycles. The number of hydrogen-bond donors (Lipinski definition) is 0. The summed E-state index contributed by atoms with van der Waals surface area (Å²) in [5.41, 5.74) is 0. The van der Waals surface area contributed by atoms with Crippen molar-refractivity contribution in [1.29, 1.82) is 0 Å². The molecule has 4 nitrogen and oxygen atoms in total. The molecular formula is C10H27NO3Si. The first-order valence-electron chi connectivity index (χ1n) is 5.43. The summed E-state index contributed by atoms with van der Waals surface area (Å²) in [7, 11) is 5.22. The molecule has 0 aromatic carbocycles. The van der Waals surface area contributed by atoms with Crippen molar-refractivity contribution in [3.63, 3.8) is 0 Å². The highest BCUT2D eigenvalue weighted by atomic mass is 28.3. The van der Waals surface area contributed by atoms with E-state index in [4.69, 9.17) is 13.3 Å². The van der Waals surface area contributed by atoms with E-state index in [1.165, 1.54) is 25.9 Å². The van der Waals surface area contributed by atoms with Gasteiger partial charge in [-0.1, -0.05) is 13.8 Å². The van der Waals surface area contributed by atoms with Gasteiger partial charge in [-0.05, 0) is 33.0 Å². The second-order valence-electron chi connectivity index (χ2n) is 3.30. The molecule has 0 unspecified atom stereocenters. The quantitative estimate of drug-likeness (QED) is 0.626. The molecule has 0 rings (SSSR count). The molecule has 94 valence electrons. The lowest BCUT2D eigenvalue weighted by molar-refractivity contribution is 0.163. The van der Waals surface area contributed by atoms with E-state index in [0.717, 1.165) is 0 Å². The van der Waals surface area contributed by atoms with Crippen molar-refractivity contribution in [2.24, 2.45) is 0 Å². The van der Waals surface area contributed by atoms with Crippen molar-refractivity contribution in [1.82, 2.24) is 4.90 Å².